The average molecular weight is 1010 g/mol. The number of hydrogen-bond acceptors (Lipinski definition) is 9. The Morgan fingerprint density at radius 3 is 0.554 bits per heavy atom. The zero-order chi connectivity index (χ0) is 47.0. The Hall–Kier alpha value is -2.99. The molecule has 14 heteroatoms. The standard InChI is InChI=1S/C51H84N9Si.3ClH.Ti/c1-29-30(2)32(4)48(31(29)3)61(49-36(8)42(55(17)18)39(52(11)12)33(5)45(49)58(23)24,50-37(9)43(56(19)20)40(53(13)14)34(6)46(50)59(25)26)51-38(10)44(57(21)22)41(54(15)16)35(7)47(51)60(27)28;;;;/h1-28H3;3*1H;/q-1;;;;+4/p-3. The van der Waals surface area contributed by atoms with Gasteiger partial charge in [0.15, 0.2) is 0 Å². The van der Waals surface area contributed by atoms with Gasteiger partial charge in [-0.15, -0.1) is 5.19 Å². The summed E-state index contributed by atoms with van der Waals surface area (Å²) in [5.41, 5.74) is 25.0. The second kappa shape index (κ2) is 22.4. The fourth-order valence-electron chi connectivity index (χ4n) is 11.7. The topological polar surface area (TPSA) is 29.2 Å². The Morgan fingerprint density at radius 1 is 0.246 bits per heavy atom. The summed E-state index contributed by atoms with van der Waals surface area (Å²) in [6.45, 7) is 24.0. The monoisotopic (exact) mass is 1000 g/mol. The van der Waals surface area contributed by atoms with Gasteiger partial charge in [-0.1, -0.05) is 27.7 Å². The average Bonchev–Trinajstić information content (AvgIpc) is 3.31. The van der Waals surface area contributed by atoms with Crippen LogP contribution < -0.4 is 102 Å². The van der Waals surface area contributed by atoms with Gasteiger partial charge in [0.05, 0.1) is 34.1 Å². The van der Waals surface area contributed by atoms with Crippen LogP contribution in [0.2, 0.25) is 0 Å². The van der Waals surface area contributed by atoms with Crippen LogP contribution in [0, 0.1) is 69.2 Å². The van der Waals surface area contributed by atoms with E-state index in [0.29, 0.717) is 0 Å². The van der Waals surface area contributed by atoms with E-state index in [0.717, 1.165) is 0 Å². The molecule has 0 amide bonds. The van der Waals surface area contributed by atoms with E-state index in [-0.39, 0.29) is 58.9 Å². The van der Waals surface area contributed by atoms with Crippen LogP contribution in [0.25, 0.3) is 0 Å². The Labute approximate surface area is 431 Å². The van der Waals surface area contributed by atoms with Crippen molar-refractivity contribution in [3.8, 4) is 0 Å². The Bertz CT molecular complexity index is 2110. The number of rotatable bonds is 13. The van der Waals surface area contributed by atoms with E-state index in [1.165, 1.54) is 128 Å². The number of hydrogen-bond donors (Lipinski definition) is 0. The van der Waals surface area contributed by atoms with Crippen LogP contribution in [0.3, 0.4) is 0 Å². The van der Waals surface area contributed by atoms with E-state index in [4.69, 9.17) is 0 Å². The van der Waals surface area contributed by atoms with Crippen LogP contribution >= 0.6 is 0 Å². The third-order valence-corrected chi connectivity index (χ3v) is 19.3. The van der Waals surface area contributed by atoms with Crippen molar-refractivity contribution < 1.29 is 58.9 Å². The minimum absolute atomic E-state index is 0. The van der Waals surface area contributed by atoms with Crippen molar-refractivity contribution in [2.24, 2.45) is 0 Å². The number of benzene rings is 3. The molecule has 0 N–H and O–H groups in total. The molecule has 4 aromatic rings. The predicted molar refractivity (Wildman–Crippen MR) is 282 cm³/mol. The Balaban J connectivity index is 0.0000102. The second-order valence-electron chi connectivity index (χ2n) is 19.7. The van der Waals surface area contributed by atoms with Gasteiger partial charge in [-0.25, -0.2) is 0 Å². The SMILES string of the molecule is Cc1c(N(C)C)c(N(C)C)c(C)c([Si](c2c(C)c(N(C)C)c(N(C)C)c(C)c2N(C)C)(c2c(C)c(N(C)C)c(N(C)C)c(C)c2N(C)C)[c-]2c(C)c(C)c(C)c2C)c1N(C)C.[Cl-].[Cl-].[Cl-].[Ti+4]. The van der Waals surface area contributed by atoms with Crippen LogP contribution in [0.15, 0.2) is 0 Å². The van der Waals surface area contributed by atoms with Gasteiger partial charge in [0.25, 0.3) is 0 Å². The van der Waals surface area contributed by atoms with E-state index in [1.54, 1.807) is 0 Å². The van der Waals surface area contributed by atoms with Crippen LogP contribution in [0.1, 0.15) is 55.6 Å². The molecule has 65 heavy (non-hydrogen) atoms. The van der Waals surface area contributed by atoms with Gasteiger partial charge < -0.3 is 81.3 Å². The van der Waals surface area contributed by atoms with Gasteiger partial charge >= 0.3 is 21.7 Å². The molecule has 0 saturated carbocycles. The zero-order valence-corrected chi connectivity index (χ0v) is 50.5. The minimum atomic E-state index is -3.61. The summed E-state index contributed by atoms with van der Waals surface area (Å²) in [7, 11) is 36.7. The van der Waals surface area contributed by atoms with Crippen molar-refractivity contribution in [1.29, 1.82) is 0 Å². The molecule has 0 aliphatic carbocycles. The van der Waals surface area contributed by atoms with Gasteiger partial charge in [-0.2, -0.15) is 22.3 Å². The number of nitrogens with zero attached hydrogens (tertiary/aromatic N) is 9. The fraction of sp³-hybridized carbons (Fsp3) is 0.549. The summed E-state index contributed by atoms with van der Waals surface area (Å²) in [4.78, 5) is 21.4. The van der Waals surface area contributed by atoms with Crippen molar-refractivity contribution >= 4 is 80.0 Å². The fourth-order valence-corrected chi connectivity index (χ4v) is 19.1. The maximum absolute atomic E-state index is 3.61. The third kappa shape index (κ3) is 9.57. The van der Waals surface area contributed by atoms with E-state index in [2.05, 4.69) is 240 Å². The summed E-state index contributed by atoms with van der Waals surface area (Å²) < 4.78 is 0. The van der Waals surface area contributed by atoms with E-state index < -0.39 is 8.07 Å². The van der Waals surface area contributed by atoms with Crippen LogP contribution in [0.5, 0.6) is 0 Å². The molecule has 0 bridgehead atoms. The summed E-state index contributed by atoms with van der Waals surface area (Å²) in [6.07, 6.45) is 0. The maximum atomic E-state index is 2.44. The summed E-state index contributed by atoms with van der Waals surface area (Å²) in [5.74, 6) is 0. The van der Waals surface area contributed by atoms with Crippen molar-refractivity contribution in [2.75, 3.05) is 171 Å². The van der Waals surface area contributed by atoms with Crippen LogP contribution in [-0.2, 0) is 21.7 Å². The van der Waals surface area contributed by atoms with Gasteiger partial charge in [0.2, 0.25) is 0 Å². The Kier molecular flexibility index (Phi) is 21.4. The normalized spacial score (nSPS) is 10.9. The first kappa shape index (κ1) is 62.0. The third-order valence-electron chi connectivity index (χ3n) is 13.7. The Morgan fingerprint density at radius 2 is 0.400 bits per heavy atom. The molecule has 0 fully saturated rings. The second-order valence-corrected chi connectivity index (χ2v) is 23.2. The summed E-state index contributed by atoms with van der Waals surface area (Å²) in [5, 5.41) is 5.89. The number of anilines is 9. The molecule has 4 rings (SSSR count). The zero-order valence-electron chi connectivity index (χ0n) is 45.7. The van der Waals surface area contributed by atoms with Gasteiger partial charge in [-0.05, 0) is 90.5 Å². The van der Waals surface area contributed by atoms with E-state index >= 15 is 0 Å². The molecule has 0 unspecified atom stereocenters. The summed E-state index contributed by atoms with van der Waals surface area (Å²) in [6, 6.07) is 0. The largest absolute Gasteiger partial charge is 4.00 e. The van der Waals surface area contributed by atoms with Gasteiger partial charge in [0, 0.05) is 144 Å². The van der Waals surface area contributed by atoms with Crippen LogP contribution in [0.4, 0.5) is 51.2 Å². The molecular formula is C51H84Cl3N9SiTi. The minimum Gasteiger partial charge on any atom is -1.00 e. The molecule has 0 heterocycles. The smallest absolute Gasteiger partial charge is 1.00 e. The molecular weight excluding hydrogens is 921 g/mol. The first-order chi connectivity index (χ1) is 28.0. The van der Waals surface area contributed by atoms with Gasteiger partial charge in [-0.3, -0.25) is 0 Å². The molecule has 0 aliphatic rings. The van der Waals surface area contributed by atoms with E-state index in [9.17, 15) is 0 Å². The van der Waals surface area contributed by atoms with Crippen molar-refractivity contribution in [3.05, 3.63) is 55.6 Å². The molecule has 0 radical (unpaired) electrons. The van der Waals surface area contributed by atoms with Crippen molar-refractivity contribution in [1.82, 2.24) is 0 Å². The molecule has 4 aromatic carbocycles. The van der Waals surface area contributed by atoms with Gasteiger partial charge in [0.1, 0.15) is 8.07 Å². The first-order valence-electron chi connectivity index (χ1n) is 21.8. The van der Waals surface area contributed by atoms with Crippen molar-refractivity contribution in [3.63, 3.8) is 0 Å². The van der Waals surface area contributed by atoms with Crippen LogP contribution in [-0.4, -0.2) is 135 Å². The molecule has 9 nitrogen and oxygen atoms in total. The molecule has 0 atom stereocenters. The quantitative estimate of drug-likeness (QED) is 0.0820. The number of halogens is 3. The first-order valence-corrected chi connectivity index (χ1v) is 23.8. The molecule has 0 aromatic heterocycles. The predicted octanol–water partition coefficient (Wildman–Crippen LogP) is -2.53. The van der Waals surface area contributed by atoms with E-state index in [1.807, 2.05) is 0 Å². The molecule has 0 aliphatic heterocycles. The maximum Gasteiger partial charge on any atom is 4.00 e. The molecule has 362 valence electrons. The summed E-state index contributed by atoms with van der Waals surface area (Å²) >= 11 is 0. The molecule has 0 spiro atoms. The molecule has 0 saturated heterocycles. The van der Waals surface area contributed by atoms with Crippen molar-refractivity contribution in [2.45, 2.75) is 69.2 Å².